The van der Waals surface area contributed by atoms with Gasteiger partial charge in [0.1, 0.15) is 9.98 Å². The predicted molar refractivity (Wildman–Crippen MR) is 52.0 cm³/mol. The van der Waals surface area contributed by atoms with Crippen LogP contribution in [0.1, 0.15) is 0 Å². The molecule has 0 amide bonds. The average Bonchev–Trinajstić information content (AvgIpc) is 2.29. The lowest BCUT2D eigenvalue weighted by Crippen LogP contribution is -2.14. The summed E-state index contributed by atoms with van der Waals surface area (Å²) in [6.07, 6.45) is 1.67. The summed E-state index contributed by atoms with van der Waals surface area (Å²) in [6.45, 7) is 0. The Morgan fingerprint density at radius 1 is 1.67 bits per heavy atom. The van der Waals surface area contributed by atoms with Crippen molar-refractivity contribution in [2.24, 2.45) is 0 Å². The van der Waals surface area contributed by atoms with Gasteiger partial charge in [-0.05, 0) is 15.9 Å². The first-order chi connectivity index (χ1) is 5.66. The van der Waals surface area contributed by atoms with Gasteiger partial charge in [-0.25, -0.2) is 4.79 Å². The Balaban J connectivity index is 2.98. The van der Waals surface area contributed by atoms with E-state index >= 15 is 0 Å². The summed E-state index contributed by atoms with van der Waals surface area (Å²) in [5.41, 5.74) is -0.348. The second kappa shape index (κ2) is 2.83. The molecular weight excluding hydrogens is 264 g/mol. The monoisotopic (exact) mass is 264 g/mol. The molecule has 0 saturated carbocycles. The van der Waals surface area contributed by atoms with Gasteiger partial charge in [-0.2, -0.15) is 4.98 Å². The smallest absolute Gasteiger partial charge is 0.257 e. The fourth-order valence-electron chi connectivity index (χ4n) is 0.868. The highest BCUT2D eigenvalue weighted by Gasteiger charge is 2.02. The summed E-state index contributed by atoms with van der Waals surface area (Å²) in [6, 6.07) is 1.65. The van der Waals surface area contributed by atoms with Crippen LogP contribution in [-0.4, -0.2) is 9.38 Å². The zero-order valence-corrected chi connectivity index (χ0v) is 8.78. The van der Waals surface area contributed by atoms with E-state index in [1.54, 1.807) is 12.3 Å². The Hall–Kier alpha value is -0.390. The Morgan fingerprint density at radius 2 is 2.42 bits per heavy atom. The molecule has 2 heterocycles. The largest absolute Gasteiger partial charge is 0.354 e. The van der Waals surface area contributed by atoms with Gasteiger partial charge in [0.05, 0.1) is 3.79 Å². The summed E-state index contributed by atoms with van der Waals surface area (Å²) >= 11 is 10.3. The van der Waals surface area contributed by atoms with Gasteiger partial charge in [-0.15, -0.1) is 11.3 Å². The second-order valence-electron chi connectivity index (χ2n) is 2.10. The van der Waals surface area contributed by atoms with E-state index < -0.39 is 0 Å². The molecule has 0 aliphatic heterocycles. The Morgan fingerprint density at radius 3 is 3.17 bits per heavy atom. The van der Waals surface area contributed by atoms with E-state index in [-0.39, 0.29) is 10.8 Å². The molecule has 0 bridgehead atoms. The van der Waals surface area contributed by atoms with E-state index in [2.05, 4.69) is 20.9 Å². The molecule has 0 N–H and O–H groups in total. The molecule has 0 fully saturated rings. The number of rotatable bonds is 0. The van der Waals surface area contributed by atoms with Crippen LogP contribution in [0.2, 0.25) is 5.15 Å². The highest BCUT2D eigenvalue weighted by molar-refractivity contribution is 9.11. The maximum atomic E-state index is 11.2. The van der Waals surface area contributed by atoms with E-state index in [0.717, 1.165) is 8.62 Å². The maximum Gasteiger partial charge on any atom is 0.354 e. The number of nitrogens with zero attached hydrogens (tertiary/aromatic N) is 2. The molecule has 0 radical (unpaired) electrons. The number of halogens is 2. The lowest BCUT2D eigenvalue weighted by atomic mass is 10.6. The quantitative estimate of drug-likeness (QED) is 0.684. The van der Waals surface area contributed by atoms with Crippen LogP contribution in [0.15, 0.2) is 20.8 Å². The van der Waals surface area contributed by atoms with Gasteiger partial charge >= 0.3 is 5.69 Å². The fourth-order valence-corrected chi connectivity index (χ4v) is 2.57. The van der Waals surface area contributed by atoms with E-state index in [4.69, 9.17) is 11.6 Å². The van der Waals surface area contributed by atoms with Gasteiger partial charge in [0.25, 0.3) is 0 Å². The van der Waals surface area contributed by atoms with E-state index in [0.29, 0.717) is 0 Å². The molecule has 2 aromatic heterocycles. The highest BCUT2D eigenvalue weighted by Crippen LogP contribution is 2.22. The van der Waals surface area contributed by atoms with Crippen LogP contribution >= 0.6 is 38.9 Å². The van der Waals surface area contributed by atoms with Crippen molar-refractivity contribution >= 4 is 43.7 Å². The number of hydrogen-bond donors (Lipinski definition) is 0. The van der Waals surface area contributed by atoms with Crippen molar-refractivity contribution in [2.45, 2.75) is 0 Å². The lowest BCUT2D eigenvalue weighted by Gasteiger charge is -1.89. The normalized spacial score (nSPS) is 10.8. The zero-order valence-electron chi connectivity index (χ0n) is 5.62. The van der Waals surface area contributed by atoms with Crippen molar-refractivity contribution < 1.29 is 0 Å². The first-order valence-corrected chi connectivity index (χ1v) is 5.00. The van der Waals surface area contributed by atoms with Crippen molar-refractivity contribution in [1.82, 2.24) is 9.38 Å². The topological polar surface area (TPSA) is 34.4 Å². The van der Waals surface area contributed by atoms with E-state index in [1.165, 1.54) is 15.7 Å². The lowest BCUT2D eigenvalue weighted by molar-refractivity contribution is 1.01. The molecule has 12 heavy (non-hydrogen) atoms. The van der Waals surface area contributed by atoms with Crippen molar-refractivity contribution in [2.75, 3.05) is 0 Å². The first-order valence-electron chi connectivity index (χ1n) is 3.01. The third-order valence-corrected chi connectivity index (χ3v) is 3.03. The van der Waals surface area contributed by atoms with Crippen LogP contribution < -0.4 is 5.69 Å². The molecule has 6 heteroatoms. The molecule has 2 rings (SSSR count). The first kappa shape index (κ1) is 8.22. The molecule has 0 aromatic carbocycles. The third-order valence-electron chi connectivity index (χ3n) is 1.32. The maximum absolute atomic E-state index is 11.2. The molecule has 0 spiro atoms. The average molecular weight is 266 g/mol. The third kappa shape index (κ3) is 1.28. The summed E-state index contributed by atoms with van der Waals surface area (Å²) in [7, 11) is 0. The standard InChI is InChI=1S/C6H2BrClN2OS/c7-3-2-10-5(12-3)1-4(8)9-6(10)11/h1-2H. The summed E-state index contributed by atoms with van der Waals surface area (Å²) in [4.78, 5) is 15.5. The SMILES string of the molecule is O=c1nc(Cl)cc2sc(Br)cn12. The number of aromatic nitrogens is 2. The molecule has 0 aliphatic carbocycles. The molecule has 3 nitrogen and oxygen atoms in total. The summed E-state index contributed by atoms with van der Waals surface area (Å²) < 4.78 is 2.32. The molecule has 0 aliphatic rings. The van der Waals surface area contributed by atoms with Crippen molar-refractivity contribution in [3.05, 3.63) is 31.7 Å². The summed E-state index contributed by atoms with van der Waals surface area (Å²) in [5.74, 6) is 0. The van der Waals surface area contributed by atoms with Crippen LogP contribution in [-0.2, 0) is 0 Å². The van der Waals surface area contributed by atoms with Gasteiger partial charge < -0.3 is 0 Å². The minimum Gasteiger partial charge on any atom is -0.257 e. The minimum atomic E-state index is -0.348. The number of fused-ring (bicyclic) bond motifs is 1. The molecule has 0 saturated heterocycles. The van der Waals surface area contributed by atoms with Crippen LogP contribution in [0.4, 0.5) is 0 Å². The van der Waals surface area contributed by atoms with Gasteiger partial charge in [0.2, 0.25) is 0 Å². The molecule has 2 aromatic rings. The number of hydrogen-bond acceptors (Lipinski definition) is 3. The number of thiazole rings is 1. The molecular formula is C6H2BrClN2OS. The predicted octanol–water partition coefficient (Wildman–Crippen LogP) is 2.17. The Bertz CT molecular complexity index is 492. The van der Waals surface area contributed by atoms with Gasteiger partial charge in [-0.3, -0.25) is 4.40 Å². The van der Waals surface area contributed by atoms with Gasteiger partial charge in [0, 0.05) is 12.3 Å². The van der Waals surface area contributed by atoms with E-state index in [9.17, 15) is 4.79 Å². The summed E-state index contributed by atoms with van der Waals surface area (Å²) in [5, 5.41) is 0.231. The zero-order chi connectivity index (χ0) is 8.72. The van der Waals surface area contributed by atoms with Gasteiger partial charge in [-0.1, -0.05) is 11.6 Å². The minimum absolute atomic E-state index is 0.231. The molecule has 0 atom stereocenters. The Kier molecular flexibility index (Phi) is 1.94. The van der Waals surface area contributed by atoms with Crippen LogP contribution in [0.3, 0.4) is 0 Å². The second-order valence-corrected chi connectivity index (χ2v) is 4.93. The van der Waals surface area contributed by atoms with Crippen molar-refractivity contribution in [1.29, 1.82) is 0 Å². The van der Waals surface area contributed by atoms with Crippen LogP contribution in [0.25, 0.3) is 4.83 Å². The molecule has 62 valence electrons. The molecule has 0 unspecified atom stereocenters. The van der Waals surface area contributed by atoms with Crippen LogP contribution in [0, 0.1) is 0 Å². The Labute approximate surface area is 84.8 Å². The fraction of sp³-hybridized carbons (Fsp3) is 0. The van der Waals surface area contributed by atoms with Crippen LogP contribution in [0.5, 0.6) is 0 Å². The van der Waals surface area contributed by atoms with Crippen molar-refractivity contribution in [3.8, 4) is 0 Å². The van der Waals surface area contributed by atoms with Crippen molar-refractivity contribution in [3.63, 3.8) is 0 Å². The highest BCUT2D eigenvalue weighted by atomic mass is 79.9. The van der Waals surface area contributed by atoms with E-state index in [1.807, 2.05) is 0 Å². The van der Waals surface area contributed by atoms with Gasteiger partial charge in [0.15, 0.2) is 0 Å².